The van der Waals surface area contributed by atoms with E-state index in [2.05, 4.69) is 10.3 Å². The topological polar surface area (TPSA) is 34.1 Å². The smallest absolute Gasteiger partial charge is 0.417 e. The van der Waals surface area contributed by atoms with Gasteiger partial charge in [-0.2, -0.15) is 13.2 Å². The normalized spacial score (nSPS) is 19.3. The van der Waals surface area contributed by atoms with Crippen LogP contribution in [-0.2, 0) is 6.18 Å². The van der Waals surface area contributed by atoms with E-state index in [1.165, 1.54) is 0 Å². The second kappa shape index (κ2) is 7.33. The molecule has 0 amide bonds. The van der Waals surface area contributed by atoms with E-state index >= 15 is 0 Å². The fourth-order valence-electron chi connectivity index (χ4n) is 1.93. The van der Waals surface area contributed by atoms with Crippen molar-refractivity contribution < 1.29 is 17.9 Å². The number of halogens is 5. The zero-order chi connectivity index (χ0) is 13.9. The van der Waals surface area contributed by atoms with Gasteiger partial charge in [0.05, 0.1) is 5.56 Å². The summed E-state index contributed by atoms with van der Waals surface area (Å²) in [4.78, 5) is 3.63. The predicted octanol–water partition coefficient (Wildman–Crippen LogP) is 3.70. The van der Waals surface area contributed by atoms with Gasteiger partial charge in [-0.1, -0.05) is 18.0 Å². The van der Waals surface area contributed by atoms with Crippen LogP contribution in [0.1, 0.15) is 24.8 Å². The number of nitrogens with one attached hydrogen (secondary N) is 1. The van der Waals surface area contributed by atoms with Gasteiger partial charge in [0.1, 0.15) is 11.6 Å². The van der Waals surface area contributed by atoms with E-state index in [9.17, 15) is 13.2 Å². The van der Waals surface area contributed by atoms with E-state index < -0.39 is 11.7 Å². The van der Waals surface area contributed by atoms with Crippen molar-refractivity contribution >= 4 is 24.0 Å². The lowest BCUT2D eigenvalue weighted by molar-refractivity contribution is -0.137. The summed E-state index contributed by atoms with van der Waals surface area (Å²) < 4.78 is 42.7. The third-order valence-corrected chi connectivity index (χ3v) is 3.24. The Morgan fingerprint density at radius 3 is 2.70 bits per heavy atom. The van der Waals surface area contributed by atoms with Crippen LogP contribution in [0.15, 0.2) is 12.3 Å². The first-order chi connectivity index (χ1) is 8.97. The quantitative estimate of drug-likeness (QED) is 0.917. The van der Waals surface area contributed by atoms with Crippen molar-refractivity contribution in [2.75, 3.05) is 13.2 Å². The minimum Gasteiger partial charge on any atom is -0.475 e. The number of pyridine rings is 1. The fraction of sp³-hybridized carbons (Fsp3) is 0.583. The van der Waals surface area contributed by atoms with Crippen LogP contribution in [0.3, 0.4) is 0 Å². The van der Waals surface area contributed by atoms with Crippen molar-refractivity contribution in [3.05, 3.63) is 22.8 Å². The Kier molecular flexibility index (Phi) is 6.36. The highest BCUT2D eigenvalue weighted by Crippen LogP contribution is 2.33. The molecule has 8 heteroatoms. The molecule has 1 unspecified atom stereocenters. The van der Waals surface area contributed by atoms with Gasteiger partial charge in [-0.15, -0.1) is 12.4 Å². The molecule has 1 N–H and O–H groups in total. The molecule has 1 fully saturated rings. The number of hydrogen-bond donors (Lipinski definition) is 1. The summed E-state index contributed by atoms with van der Waals surface area (Å²) in [5, 5.41) is 3.15. The number of ether oxygens (including phenoxy) is 1. The molecule has 1 saturated heterocycles. The second-order valence-electron chi connectivity index (χ2n) is 4.47. The molecule has 2 rings (SSSR count). The molecule has 114 valence electrons. The molecule has 0 saturated carbocycles. The lowest BCUT2D eigenvalue weighted by Crippen LogP contribution is -2.38. The second-order valence-corrected chi connectivity index (χ2v) is 4.87. The predicted molar refractivity (Wildman–Crippen MR) is 72.6 cm³/mol. The van der Waals surface area contributed by atoms with Gasteiger partial charge in [0.25, 0.3) is 0 Å². The van der Waals surface area contributed by atoms with Crippen LogP contribution < -0.4 is 10.1 Å². The zero-order valence-electron chi connectivity index (χ0n) is 10.5. The molecule has 1 atom stereocenters. The van der Waals surface area contributed by atoms with Crippen molar-refractivity contribution in [2.45, 2.75) is 31.5 Å². The third kappa shape index (κ3) is 4.68. The number of aromatic nitrogens is 1. The molecule has 2 heterocycles. The Morgan fingerprint density at radius 1 is 1.40 bits per heavy atom. The molecule has 0 aromatic carbocycles. The van der Waals surface area contributed by atoms with Crippen LogP contribution in [0, 0.1) is 0 Å². The molecular formula is C12H15Cl2F3N2O. The minimum absolute atomic E-state index is 0. The van der Waals surface area contributed by atoms with Gasteiger partial charge in [-0.25, -0.2) is 4.98 Å². The lowest BCUT2D eigenvalue weighted by Gasteiger charge is -2.23. The Morgan fingerprint density at radius 2 is 2.15 bits per heavy atom. The van der Waals surface area contributed by atoms with Gasteiger partial charge < -0.3 is 10.1 Å². The number of alkyl halides is 3. The molecule has 0 aliphatic carbocycles. The average Bonchev–Trinajstić information content (AvgIpc) is 2.37. The maximum absolute atomic E-state index is 12.4. The molecule has 0 radical (unpaired) electrons. The average molecular weight is 331 g/mol. The van der Waals surface area contributed by atoms with E-state index in [1.54, 1.807) is 0 Å². The van der Waals surface area contributed by atoms with E-state index in [-0.39, 0.29) is 29.4 Å². The molecule has 3 nitrogen and oxygen atoms in total. The van der Waals surface area contributed by atoms with Crippen LogP contribution >= 0.6 is 24.0 Å². The Bertz CT molecular complexity index is 437. The van der Waals surface area contributed by atoms with Crippen molar-refractivity contribution in [3.8, 4) is 5.88 Å². The lowest BCUT2D eigenvalue weighted by atomic mass is 10.1. The molecule has 20 heavy (non-hydrogen) atoms. The maximum atomic E-state index is 12.4. The molecule has 0 bridgehead atoms. The summed E-state index contributed by atoms with van der Waals surface area (Å²) in [5.74, 6) is 0.0436. The van der Waals surface area contributed by atoms with E-state index in [0.29, 0.717) is 6.61 Å². The Labute approximate surface area is 126 Å². The highest BCUT2D eigenvalue weighted by molar-refractivity contribution is 6.31. The van der Waals surface area contributed by atoms with Crippen molar-refractivity contribution in [3.63, 3.8) is 0 Å². The zero-order valence-corrected chi connectivity index (χ0v) is 12.1. The van der Waals surface area contributed by atoms with Gasteiger partial charge in [0, 0.05) is 12.2 Å². The molecule has 1 aliphatic rings. The van der Waals surface area contributed by atoms with E-state index in [4.69, 9.17) is 16.3 Å². The van der Waals surface area contributed by atoms with Crippen molar-refractivity contribution in [1.29, 1.82) is 0 Å². The van der Waals surface area contributed by atoms with Crippen molar-refractivity contribution in [1.82, 2.24) is 10.3 Å². The van der Waals surface area contributed by atoms with Gasteiger partial charge in [-0.05, 0) is 25.5 Å². The van der Waals surface area contributed by atoms with Gasteiger partial charge in [-0.3, -0.25) is 0 Å². The first-order valence-electron chi connectivity index (χ1n) is 6.06. The fourth-order valence-corrected chi connectivity index (χ4v) is 2.15. The SMILES string of the molecule is Cl.FC(F)(F)c1cnc(OCC2CCCCN2)c(Cl)c1. The molecular weight excluding hydrogens is 316 g/mol. The summed E-state index contributed by atoms with van der Waals surface area (Å²) in [6, 6.07) is 1.03. The Hall–Kier alpha value is -0.720. The third-order valence-electron chi connectivity index (χ3n) is 2.97. The molecule has 1 aromatic heterocycles. The van der Waals surface area contributed by atoms with Crippen LogP contribution in [0.4, 0.5) is 13.2 Å². The Balaban J connectivity index is 0.00000200. The first-order valence-corrected chi connectivity index (χ1v) is 6.43. The van der Waals surface area contributed by atoms with E-state index in [0.717, 1.165) is 38.1 Å². The number of nitrogens with zero attached hydrogens (tertiary/aromatic N) is 1. The standard InChI is InChI=1S/C12H14ClF3N2O.ClH/c13-10-5-8(12(14,15)16)6-18-11(10)19-7-9-3-1-2-4-17-9;/h5-6,9,17H,1-4,7H2;1H. The van der Waals surface area contributed by atoms with Gasteiger partial charge in [0.15, 0.2) is 0 Å². The summed E-state index contributed by atoms with van der Waals surface area (Å²) in [5.41, 5.74) is -0.874. The number of piperidine rings is 1. The maximum Gasteiger partial charge on any atom is 0.417 e. The van der Waals surface area contributed by atoms with Gasteiger partial charge >= 0.3 is 6.18 Å². The minimum atomic E-state index is -4.44. The van der Waals surface area contributed by atoms with Crippen LogP contribution in [0.5, 0.6) is 5.88 Å². The summed E-state index contributed by atoms with van der Waals surface area (Å²) in [7, 11) is 0. The first kappa shape index (κ1) is 17.3. The highest BCUT2D eigenvalue weighted by atomic mass is 35.5. The molecule has 0 spiro atoms. The van der Waals surface area contributed by atoms with Crippen LogP contribution in [0.2, 0.25) is 5.02 Å². The number of hydrogen-bond acceptors (Lipinski definition) is 3. The highest BCUT2D eigenvalue weighted by Gasteiger charge is 2.31. The van der Waals surface area contributed by atoms with E-state index in [1.807, 2.05) is 0 Å². The number of rotatable bonds is 3. The largest absolute Gasteiger partial charge is 0.475 e. The van der Waals surface area contributed by atoms with Gasteiger partial charge in [0.2, 0.25) is 5.88 Å². The van der Waals surface area contributed by atoms with Crippen LogP contribution in [0.25, 0.3) is 0 Å². The summed E-state index contributed by atoms with van der Waals surface area (Å²) >= 11 is 5.75. The van der Waals surface area contributed by atoms with Crippen LogP contribution in [-0.4, -0.2) is 24.2 Å². The molecule has 1 aromatic rings. The molecule has 1 aliphatic heterocycles. The monoisotopic (exact) mass is 330 g/mol. The van der Waals surface area contributed by atoms with Crippen molar-refractivity contribution in [2.24, 2.45) is 0 Å². The summed E-state index contributed by atoms with van der Waals surface area (Å²) in [6.45, 7) is 1.29. The summed E-state index contributed by atoms with van der Waals surface area (Å²) in [6.07, 6.45) is -0.473.